The van der Waals surface area contributed by atoms with Crippen molar-refractivity contribution in [3.63, 3.8) is 0 Å². The summed E-state index contributed by atoms with van der Waals surface area (Å²) in [7, 11) is 0. The maximum absolute atomic E-state index is 11.7. The molecule has 0 bridgehead atoms. The molecule has 1 heterocycles. The van der Waals surface area contributed by atoms with E-state index in [-0.39, 0.29) is 0 Å². The Bertz CT molecular complexity index is 206. The molecular weight excluding hydrogens is 150 g/mol. The van der Waals surface area contributed by atoms with E-state index in [1.165, 1.54) is 6.42 Å². The number of rotatable bonds is 1. The normalized spacial score (nSPS) is 23.8. The lowest BCUT2D eigenvalue weighted by atomic mass is 9.84. The van der Waals surface area contributed by atoms with Crippen LogP contribution in [0.25, 0.3) is 0 Å². The first-order valence-electron chi connectivity index (χ1n) is 4.82. The molecule has 12 heavy (non-hydrogen) atoms. The Labute approximate surface area is 73.2 Å². The highest BCUT2D eigenvalue weighted by atomic mass is 16.2. The molecule has 2 rings (SSSR count). The van der Waals surface area contributed by atoms with Crippen molar-refractivity contribution < 1.29 is 4.79 Å². The average molecular weight is 165 g/mol. The third-order valence-electron chi connectivity index (χ3n) is 2.82. The summed E-state index contributed by atoms with van der Waals surface area (Å²) >= 11 is 0. The lowest BCUT2D eigenvalue weighted by molar-refractivity contribution is -0.137. The lowest BCUT2D eigenvalue weighted by Gasteiger charge is -2.32. The smallest absolute Gasteiger partial charge is 0.225 e. The first kappa shape index (κ1) is 7.84. The standard InChI is InChI=1S/C10H15NO/c12-10(9-5-4-6-9)11-7-2-1-3-8-11/h1-2,9H,3-8H2. The second kappa shape index (κ2) is 3.30. The molecular formula is C10H15NO. The molecule has 1 saturated carbocycles. The van der Waals surface area contributed by atoms with E-state index >= 15 is 0 Å². The number of carbonyl (C=O) groups excluding carboxylic acids is 1. The highest BCUT2D eigenvalue weighted by molar-refractivity contribution is 5.79. The maximum atomic E-state index is 11.7. The first-order chi connectivity index (χ1) is 5.88. The largest absolute Gasteiger partial charge is 0.338 e. The second-order valence-electron chi connectivity index (χ2n) is 3.67. The number of nitrogens with zero attached hydrogens (tertiary/aromatic N) is 1. The highest BCUT2D eigenvalue weighted by Gasteiger charge is 2.28. The van der Waals surface area contributed by atoms with Crippen LogP contribution in [0.3, 0.4) is 0 Å². The van der Waals surface area contributed by atoms with Gasteiger partial charge in [0.1, 0.15) is 0 Å². The van der Waals surface area contributed by atoms with Gasteiger partial charge in [0.15, 0.2) is 0 Å². The zero-order valence-corrected chi connectivity index (χ0v) is 7.33. The molecule has 0 aromatic rings. The Morgan fingerprint density at radius 3 is 2.67 bits per heavy atom. The number of carbonyl (C=O) groups is 1. The summed E-state index contributed by atoms with van der Waals surface area (Å²) in [4.78, 5) is 13.7. The molecule has 0 aromatic carbocycles. The summed E-state index contributed by atoms with van der Waals surface area (Å²) in [6, 6.07) is 0. The third-order valence-corrected chi connectivity index (χ3v) is 2.82. The Hall–Kier alpha value is -0.790. The molecule has 1 aliphatic carbocycles. The fraction of sp³-hybridized carbons (Fsp3) is 0.700. The Balaban J connectivity index is 1.90. The predicted octanol–water partition coefficient (Wildman–Crippen LogP) is 1.58. The molecule has 1 aliphatic heterocycles. The predicted molar refractivity (Wildman–Crippen MR) is 47.7 cm³/mol. The van der Waals surface area contributed by atoms with E-state index in [4.69, 9.17) is 0 Å². The van der Waals surface area contributed by atoms with Crippen molar-refractivity contribution in [2.75, 3.05) is 13.1 Å². The van der Waals surface area contributed by atoms with E-state index in [2.05, 4.69) is 12.2 Å². The number of hydrogen-bond donors (Lipinski definition) is 0. The zero-order valence-electron chi connectivity index (χ0n) is 7.33. The van der Waals surface area contributed by atoms with E-state index in [0.717, 1.165) is 32.4 Å². The molecule has 0 unspecified atom stereocenters. The van der Waals surface area contributed by atoms with Crippen molar-refractivity contribution in [1.82, 2.24) is 4.90 Å². The second-order valence-corrected chi connectivity index (χ2v) is 3.67. The molecule has 2 aliphatic rings. The van der Waals surface area contributed by atoms with Crippen LogP contribution in [0, 0.1) is 5.92 Å². The van der Waals surface area contributed by atoms with Gasteiger partial charge in [-0.3, -0.25) is 4.79 Å². The molecule has 0 atom stereocenters. The molecule has 0 saturated heterocycles. The third kappa shape index (κ3) is 1.38. The van der Waals surface area contributed by atoms with Gasteiger partial charge in [-0.05, 0) is 19.3 Å². The van der Waals surface area contributed by atoms with Gasteiger partial charge in [0.2, 0.25) is 5.91 Å². The van der Waals surface area contributed by atoms with Crippen molar-refractivity contribution >= 4 is 5.91 Å². The zero-order chi connectivity index (χ0) is 8.39. The van der Waals surface area contributed by atoms with Crippen LogP contribution in [0.4, 0.5) is 0 Å². The molecule has 1 fully saturated rings. The van der Waals surface area contributed by atoms with Gasteiger partial charge in [-0.2, -0.15) is 0 Å². The fourth-order valence-electron chi connectivity index (χ4n) is 1.75. The van der Waals surface area contributed by atoms with Crippen molar-refractivity contribution in [2.45, 2.75) is 25.7 Å². The van der Waals surface area contributed by atoms with Crippen LogP contribution in [0.1, 0.15) is 25.7 Å². The number of amides is 1. The van der Waals surface area contributed by atoms with Gasteiger partial charge in [-0.25, -0.2) is 0 Å². The molecule has 1 amide bonds. The Morgan fingerprint density at radius 2 is 2.17 bits per heavy atom. The van der Waals surface area contributed by atoms with Gasteiger partial charge in [0.25, 0.3) is 0 Å². The van der Waals surface area contributed by atoms with Crippen molar-refractivity contribution in [3.05, 3.63) is 12.2 Å². The summed E-state index contributed by atoms with van der Waals surface area (Å²) in [6.07, 6.45) is 8.79. The van der Waals surface area contributed by atoms with Gasteiger partial charge >= 0.3 is 0 Å². The summed E-state index contributed by atoms with van der Waals surface area (Å²) < 4.78 is 0. The molecule has 0 aromatic heterocycles. The van der Waals surface area contributed by atoms with Crippen LogP contribution in [-0.4, -0.2) is 23.9 Å². The van der Waals surface area contributed by atoms with Gasteiger partial charge in [-0.1, -0.05) is 18.6 Å². The summed E-state index contributed by atoms with van der Waals surface area (Å²) in [6.45, 7) is 1.78. The maximum Gasteiger partial charge on any atom is 0.225 e. The molecule has 2 heteroatoms. The van der Waals surface area contributed by atoms with E-state index in [1.807, 2.05) is 4.90 Å². The SMILES string of the molecule is O=C(C1CCC1)N1CC=CCC1. The minimum absolute atomic E-state index is 0.372. The van der Waals surface area contributed by atoms with Crippen LogP contribution >= 0.6 is 0 Å². The molecule has 0 spiro atoms. The Kier molecular flexibility index (Phi) is 2.15. The first-order valence-corrected chi connectivity index (χ1v) is 4.82. The van der Waals surface area contributed by atoms with Crippen LogP contribution in [0.15, 0.2) is 12.2 Å². The van der Waals surface area contributed by atoms with E-state index in [9.17, 15) is 4.79 Å². The van der Waals surface area contributed by atoms with Crippen molar-refractivity contribution in [2.24, 2.45) is 5.92 Å². The summed E-state index contributed by atoms with van der Waals surface area (Å²) in [5, 5.41) is 0. The van der Waals surface area contributed by atoms with Crippen LogP contribution < -0.4 is 0 Å². The van der Waals surface area contributed by atoms with Gasteiger partial charge in [-0.15, -0.1) is 0 Å². The molecule has 0 N–H and O–H groups in total. The summed E-state index contributed by atoms with van der Waals surface area (Å²) in [5.74, 6) is 0.766. The minimum atomic E-state index is 0.372. The van der Waals surface area contributed by atoms with Gasteiger partial charge in [0, 0.05) is 19.0 Å². The van der Waals surface area contributed by atoms with E-state index in [0.29, 0.717) is 11.8 Å². The van der Waals surface area contributed by atoms with Gasteiger partial charge in [0.05, 0.1) is 0 Å². The topological polar surface area (TPSA) is 20.3 Å². The molecule has 2 nitrogen and oxygen atoms in total. The van der Waals surface area contributed by atoms with Gasteiger partial charge < -0.3 is 4.90 Å². The highest BCUT2D eigenvalue weighted by Crippen LogP contribution is 2.28. The Morgan fingerprint density at radius 1 is 1.33 bits per heavy atom. The quantitative estimate of drug-likeness (QED) is 0.540. The molecule has 66 valence electrons. The van der Waals surface area contributed by atoms with Crippen LogP contribution in [0.2, 0.25) is 0 Å². The van der Waals surface area contributed by atoms with Crippen molar-refractivity contribution in [1.29, 1.82) is 0 Å². The average Bonchev–Trinajstić information content (AvgIpc) is 2.03. The number of hydrogen-bond acceptors (Lipinski definition) is 1. The van der Waals surface area contributed by atoms with Crippen LogP contribution in [-0.2, 0) is 4.79 Å². The molecule has 0 radical (unpaired) electrons. The minimum Gasteiger partial charge on any atom is -0.338 e. The van der Waals surface area contributed by atoms with E-state index < -0.39 is 0 Å². The summed E-state index contributed by atoms with van der Waals surface area (Å²) in [5.41, 5.74) is 0. The van der Waals surface area contributed by atoms with Crippen molar-refractivity contribution in [3.8, 4) is 0 Å². The van der Waals surface area contributed by atoms with E-state index in [1.54, 1.807) is 0 Å². The monoisotopic (exact) mass is 165 g/mol. The lowest BCUT2D eigenvalue weighted by Crippen LogP contribution is -2.40. The van der Waals surface area contributed by atoms with Crippen LogP contribution in [0.5, 0.6) is 0 Å². The fourth-order valence-corrected chi connectivity index (χ4v) is 1.75.